The molecule has 21 heavy (non-hydrogen) atoms. The Morgan fingerprint density at radius 2 is 2.24 bits per heavy atom. The van der Waals surface area contributed by atoms with E-state index >= 15 is 0 Å². The molecular formula is C13H19N3O5. The molecule has 1 aliphatic heterocycles. The van der Waals surface area contributed by atoms with E-state index in [1.165, 1.54) is 18.1 Å². The second-order valence-corrected chi connectivity index (χ2v) is 5.00. The molecule has 1 atom stereocenters. The van der Waals surface area contributed by atoms with Crippen LogP contribution in [0.2, 0.25) is 0 Å². The second kappa shape index (κ2) is 6.68. The summed E-state index contributed by atoms with van der Waals surface area (Å²) in [4.78, 5) is 39.2. The molecule has 1 aromatic rings. The molecule has 1 saturated heterocycles. The highest BCUT2D eigenvalue weighted by atomic mass is 16.6. The fourth-order valence-electron chi connectivity index (χ4n) is 2.09. The topological polar surface area (TPSA) is 93.6 Å². The van der Waals surface area contributed by atoms with E-state index in [0.29, 0.717) is 26.4 Å². The first kappa shape index (κ1) is 15.5. The molecule has 0 aromatic carbocycles. The van der Waals surface area contributed by atoms with Crippen molar-refractivity contribution < 1.29 is 14.3 Å². The molecule has 0 bridgehead atoms. The monoisotopic (exact) mass is 297 g/mol. The zero-order valence-corrected chi connectivity index (χ0v) is 12.1. The lowest BCUT2D eigenvalue weighted by Crippen LogP contribution is -2.42. The molecule has 116 valence electrons. The Balaban J connectivity index is 1.99. The number of H-pyrrole nitrogens is 1. The summed E-state index contributed by atoms with van der Waals surface area (Å²) in [5, 5.41) is 0. The molecule has 0 aliphatic carbocycles. The van der Waals surface area contributed by atoms with Gasteiger partial charge in [-0.2, -0.15) is 0 Å². The van der Waals surface area contributed by atoms with Crippen molar-refractivity contribution in [1.82, 2.24) is 14.5 Å². The van der Waals surface area contributed by atoms with Gasteiger partial charge < -0.3 is 19.4 Å². The maximum Gasteiger partial charge on any atom is 0.328 e. The third-order valence-corrected chi connectivity index (χ3v) is 3.38. The predicted molar refractivity (Wildman–Crippen MR) is 74.2 cm³/mol. The Bertz CT molecular complexity index is 615. The molecule has 0 radical (unpaired) electrons. The minimum Gasteiger partial charge on any atom is -0.376 e. The minimum absolute atomic E-state index is 0.0620. The summed E-state index contributed by atoms with van der Waals surface area (Å²) in [6.45, 7) is 1.95. The first-order valence-electron chi connectivity index (χ1n) is 6.70. The number of nitrogens with zero attached hydrogens (tertiary/aromatic N) is 2. The van der Waals surface area contributed by atoms with Crippen LogP contribution in [0.3, 0.4) is 0 Å². The standard InChI is InChI=1S/C13H19N3O5/c1-15(7-10-8-20-3-4-21-10)11(17)5-9-6-14-13(19)16(2)12(9)18/h6,10H,3-5,7-8H2,1-2H3,(H,14,19)/t10-/m1/s1. The highest BCUT2D eigenvalue weighted by Crippen LogP contribution is 2.04. The van der Waals surface area contributed by atoms with Gasteiger partial charge in [0.05, 0.1) is 32.3 Å². The van der Waals surface area contributed by atoms with Crippen LogP contribution in [0.1, 0.15) is 5.56 Å². The zero-order chi connectivity index (χ0) is 15.4. The summed E-state index contributed by atoms with van der Waals surface area (Å²) in [5.41, 5.74) is -0.704. The van der Waals surface area contributed by atoms with Gasteiger partial charge >= 0.3 is 5.69 Å². The molecule has 1 fully saturated rings. The number of likely N-dealkylation sites (N-methyl/N-ethyl adjacent to an activating group) is 1. The SMILES string of the molecule is CN(C[C@@H]1COCCO1)C(=O)Cc1c[nH]c(=O)n(C)c1=O. The Morgan fingerprint density at radius 1 is 1.48 bits per heavy atom. The number of amides is 1. The van der Waals surface area contributed by atoms with Gasteiger partial charge in [0.15, 0.2) is 0 Å². The van der Waals surface area contributed by atoms with Gasteiger partial charge in [-0.05, 0) is 0 Å². The summed E-state index contributed by atoms with van der Waals surface area (Å²) in [5.74, 6) is -0.215. The van der Waals surface area contributed by atoms with Gasteiger partial charge in [-0.1, -0.05) is 0 Å². The van der Waals surface area contributed by atoms with E-state index in [2.05, 4.69) is 4.98 Å². The van der Waals surface area contributed by atoms with Crippen LogP contribution in [0.15, 0.2) is 15.8 Å². The highest BCUT2D eigenvalue weighted by molar-refractivity contribution is 5.78. The summed E-state index contributed by atoms with van der Waals surface area (Å²) in [7, 11) is 3.02. The normalized spacial score (nSPS) is 18.5. The highest BCUT2D eigenvalue weighted by Gasteiger charge is 2.20. The summed E-state index contributed by atoms with van der Waals surface area (Å²) in [6.07, 6.45) is 1.08. The number of hydrogen-bond donors (Lipinski definition) is 1. The van der Waals surface area contributed by atoms with E-state index in [4.69, 9.17) is 9.47 Å². The lowest BCUT2D eigenvalue weighted by molar-refractivity contribution is -0.135. The van der Waals surface area contributed by atoms with E-state index in [9.17, 15) is 14.4 Å². The minimum atomic E-state index is -0.502. The molecule has 0 unspecified atom stereocenters. The van der Waals surface area contributed by atoms with Crippen LogP contribution in [0, 0.1) is 0 Å². The molecule has 8 nitrogen and oxygen atoms in total. The van der Waals surface area contributed by atoms with Gasteiger partial charge in [-0.3, -0.25) is 14.2 Å². The van der Waals surface area contributed by atoms with Gasteiger partial charge in [0.2, 0.25) is 5.91 Å². The molecule has 2 rings (SSSR count). The number of carbonyl (C=O) groups is 1. The summed E-state index contributed by atoms with van der Waals surface area (Å²) in [6, 6.07) is 0. The molecule has 1 aliphatic rings. The van der Waals surface area contributed by atoms with Crippen molar-refractivity contribution in [2.45, 2.75) is 12.5 Å². The van der Waals surface area contributed by atoms with E-state index in [1.807, 2.05) is 0 Å². The lowest BCUT2D eigenvalue weighted by Gasteiger charge is -2.27. The Morgan fingerprint density at radius 3 is 2.90 bits per heavy atom. The number of rotatable bonds is 4. The van der Waals surface area contributed by atoms with Gasteiger partial charge in [0.1, 0.15) is 0 Å². The quantitative estimate of drug-likeness (QED) is 0.729. The van der Waals surface area contributed by atoms with Crippen molar-refractivity contribution in [3.05, 3.63) is 32.6 Å². The smallest absolute Gasteiger partial charge is 0.328 e. The first-order valence-corrected chi connectivity index (χ1v) is 6.70. The summed E-state index contributed by atoms with van der Waals surface area (Å²) < 4.78 is 11.7. The Labute approximate surface area is 121 Å². The van der Waals surface area contributed by atoms with E-state index in [-0.39, 0.29) is 24.0 Å². The van der Waals surface area contributed by atoms with Crippen molar-refractivity contribution >= 4 is 5.91 Å². The van der Waals surface area contributed by atoms with Crippen LogP contribution in [-0.4, -0.2) is 59.9 Å². The maximum atomic E-state index is 12.1. The van der Waals surface area contributed by atoms with Crippen molar-refractivity contribution in [3.8, 4) is 0 Å². The number of nitrogens with one attached hydrogen (secondary N) is 1. The number of aromatic amines is 1. The van der Waals surface area contributed by atoms with Crippen molar-refractivity contribution in [2.75, 3.05) is 33.4 Å². The third-order valence-electron chi connectivity index (χ3n) is 3.38. The number of carbonyl (C=O) groups excluding carboxylic acids is 1. The molecule has 1 aromatic heterocycles. The first-order chi connectivity index (χ1) is 9.99. The Hall–Kier alpha value is -1.93. The van der Waals surface area contributed by atoms with Crippen molar-refractivity contribution in [3.63, 3.8) is 0 Å². The van der Waals surface area contributed by atoms with Crippen LogP contribution in [0.25, 0.3) is 0 Å². The van der Waals surface area contributed by atoms with Crippen LogP contribution < -0.4 is 11.2 Å². The van der Waals surface area contributed by atoms with Crippen LogP contribution in [0.4, 0.5) is 0 Å². The van der Waals surface area contributed by atoms with Gasteiger partial charge in [0, 0.05) is 32.4 Å². The van der Waals surface area contributed by atoms with Crippen molar-refractivity contribution in [1.29, 1.82) is 0 Å². The second-order valence-electron chi connectivity index (χ2n) is 5.00. The maximum absolute atomic E-state index is 12.1. The fraction of sp³-hybridized carbons (Fsp3) is 0.615. The largest absolute Gasteiger partial charge is 0.376 e. The van der Waals surface area contributed by atoms with Gasteiger partial charge in [-0.25, -0.2) is 4.79 Å². The summed E-state index contributed by atoms with van der Waals surface area (Å²) >= 11 is 0. The lowest BCUT2D eigenvalue weighted by atomic mass is 10.2. The molecule has 1 amide bonds. The van der Waals surface area contributed by atoms with Crippen LogP contribution in [0.5, 0.6) is 0 Å². The molecule has 1 N–H and O–H groups in total. The number of aromatic nitrogens is 2. The molecule has 2 heterocycles. The van der Waals surface area contributed by atoms with E-state index in [0.717, 1.165) is 4.57 Å². The number of ether oxygens (including phenoxy) is 2. The van der Waals surface area contributed by atoms with Gasteiger partial charge in [-0.15, -0.1) is 0 Å². The van der Waals surface area contributed by atoms with Crippen LogP contribution in [-0.2, 0) is 27.7 Å². The van der Waals surface area contributed by atoms with E-state index in [1.54, 1.807) is 7.05 Å². The fourth-order valence-corrected chi connectivity index (χ4v) is 2.09. The average molecular weight is 297 g/mol. The number of hydrogen-bond acceptors (Lipinski definition) is 5. The third kappa shape index (κ3) is 3.79. The molecule has 0 spiro atoms. The predicted octanol–water partition coefficient (Wildman–Crippen LogP) is -1.51. The van der Waals surface area contributed by atoms with E-state index < -0.39 is 11.2 Å². The van der Waals surface area contributed by atoms with Crippen molar-refractivity contribution in [2.24, 2.45) is 7.05 Å². The Kier molecular flexibility index (Phi) is 4.92. The molecule has 0 saturated carbocycles. The van der Waals surface area contributed by atoms with Gasteiger partial charge in [0.25, 0.3) is 5.56 Å². The van der Waals surface area contributed by atoms with Crippen LogP contribution >= 0.6 is 0 Å². The zero-order valence-electron chi connectivity index (χ0n) is 12.1. The average Bonchev–Trinajstić information content (AvgIpc) is 2.48. The molecular weight excluding hydrogens is 278 g/mol. The molecule has 8 heteroatoms.